The van der Waals surface area contributed by atoms with E-state index in [1.54, 1.807) is 18.4 Å². The Hall–Kier alpha value is -3.68. The molecule has 136 valence electrons. The number of anilines is 1. The quantitative estimate of drug-likeness (QED) is 0.576. The topological polar surface area (TPSA) is 106 Å². The molecule has 8 nitrogen and oxygen atoms in total. The molecule has 0 radical (unpaired) electrons. The average molecular weight is 363 g/mol. The smallest absolute Gasteiger partial charge is 0.334 e. The van der Waals surface area contributed by atoms with Crippen LogP contribution in [0.3, 0.4) is 0 Å². The Labute approximate surface area is 153 Å². The van der Waals surface area contributed by atoms with E-state index in [-0.39, 0.29) is 11.0 Å². The third-order valence-electron chi connectivity index (χ3n) is 4.47. The maximum absolute atomic E-state index is 12.9. The molecule has 0 unspecified atom stereocenters. The highest BCUT2D eigenvalue weighted by Gasteiger charge is 2.14. The molecular weight excluding hydrogens is 346 g/mol. The monoisotopic (exact) mass is 363 g/mol. The lowest BCUT2D eigenvalue weighted by Gasteiger charge is -2.11. The molecular formula is C19H17N5O3. The maximum Gasteiger partial charge on any atom is 0.334 e. The van der Waals surface area contributed by atoms with Crippen LogP contribution in [0.5, 0.6) is 0 Å². The number of nitrogens with zero attached hydrogens (tertiary/aromatic N) is 3. The van der Waals surface area contributed by atoms with Crippen LogP contribution in [0, 0.1) is 13.8 Å². The Morgan fingerprint density at radius 1 is 1.19 bits per heavy atom. The van der Waals surface area contributed by atoms with Crippen LogP contribution in [0.2, 0.25) is 0 Å². The van der Waals surface area contributed by atoms with Crippen LogP contribution in [0.1, 0.15) is 16.9 Å². The lowest BCUT2D eigenvalue weighted by atomic mass is 10.1. The second kappa shape index (κ2) is 6.56. The largest absolute Gasteiger partial charge is 0.467 e. The van der Waals surface area contributed by atoms with E-state index in [1.807, 2.05) is 32.0 Å². The van der Waals surface area contributed by atoms with Gasteiger partial charge < -0.3 is 9.73 Å². The number of benzene rings is 1. The van der Waals surface area contributed by atoms with Crippen LogP contribution in [0.25, 0.3) is 16.7 Å². The Morgan fingerprint density at radius 3 is 2.81 bits per heavy atom. The van der Waals surface area contributed by atoms with Gasteiger partial charge in [-0.1, -0.05) is 12.1 Å². The SMILES string of the molecule is Cc1cccc(-n2c(=O)[nH]c3nc(NCc4ccco4)ncc3c2=O)c1C. The lowest BCUT2D eigenvalue weighted by molar-refractivity contribution is 0.517. The summed E-state index contributed by atoms with van der Waals surface area (Å²) in [5, 5.41) is 3.23. The highest BCUT2D eigenvalue weighted by atomic mass is 16.3. The van der Waals surface area contributed by atoms with Gasteiger partial charge in [0.05, 0.1) is 18.5 Å². The molecule has 0 amide bonds. The van der Waals surface area contributed by atoms with Gasteiger partial charge in [-0.15, -0.1) is 0 Å². The summed E-state index contributed by atoms with van der Waals surface area (Å²) >= 11 is 0. The molecule has 3 heterocycles. The fraction of sp³-hybridized carbons (Fsp3) is 0.158. The minimum atomic E-state index is -0.545. The number of aromatic nitrogens is 4. The fourth-order valence-corrected chi connectivity index (χ4v) is 2.86. The molecule has 0 spiro atoms. The average Bonchev–Trinajstić information content (AvgIpc) is 3.17. The van der Waals surface area contributed by atoms with Crippen molar-refractivity contribution in [1.82, 2.24) is 19.5 Å². The summed E-state index contributed by atoms with van der Waals surface area (Å²) in [6.45, 7) is 4.19. The summed E-state index contributed by atoms with van der Waals surface area (Å²) in [7, 11) is 0. The number of hydrogen-bond acceptors (Lipinski definition) is 6. The molecule has 3 aromatic heterocycles. The van der Waals surface area contributed by atoms with Gasteiger partial charge in [-0.05, 0) is 43.2 Å². The van der Waals surface area contributed by atoms with Crippen LogP contribution < -0.4 is 16.6 Å². The third-order valence-corrected chi connectivity index (χ3v) is 4.47. The molecule has 4 aromatic rings. The number of fused-ring (bicyclic) bond motifs is 1. The second-order valence-electron chi connectivity index (χ2n) is 6.18. The molecule has 0 atom stereocenters. The van der Waals surface area contributed by atoms with Gasteiger partial charge in [0, 0.05) is 6.20 Å². The normalized spacial score (nSPS) is 11.0. The first kappa shape index (κ1) is 16.8. The van der Waals surface area contributed by atoms with Gasteiger partial charge in [-0.2, -0.15) is 4.98 Å². The van der Waals surface area contributed by atoms with Crippen molar-refractivity contribution >= 4 is 17.0 Å². The van der Waals surface area contributed by atoms with Crippen molar-refractivity contribution < 1.29 is 4.42 Å². The maximum atomic E-state index is 12.9. The third kappa shape index (κ3) is 3.01. The standard InChI is InChI=1S/C19H17N5O3/c1-11-5-3-7-15(12(11)2)24-17(25)14-10-21-18(22-16(14)23-19(24)26)20-9-13-6-4-8-27-13/h3-8,10H,9H2,1-2H3,(H2,20,21,22,23,26). The molecule has 0 fully saturated rings. The number of nitrogens with one attached hydrogen (secondary N) is 2. The number of H-pyrrole nitrogens is 1. The van der Waals surface area contributed by atoms with Gasteiger partial charge in [0.2, 0.25) is 5.95 Å². The van der Waals surface area contributed by atoms with E-state index < -0.39 is 11.2 Å². The van der Waals surface area contributed by atoms with Gasteiger partial charge in [0.15, 0.2) is 5.65 Å². The van der Waals surface area contributed by atoms with Crippen molar-refractivity contribution in [1.29, 1.82) is 0 Å². The Bertz CT molecular complexity index is 1240. The van der Waals surface area contributed by atoms with E-state index in [0.717, 1.165) is 21.5 Å². The van der Waals surface area contributed by atoms with E-state index in [0.29, 0.717) is 18.2 Å². The Kier molecular flexibility index (Phi) is 4.08. The van der Waals surface area contributed by atoms with Gasteiger partial charge in [-0.3, -0.25) is 9.78 Å². The van der Waals surface area contributed by atoms with Crippen LogP contribution in [0.4, 0.5) is 5.95 Å². The summed E-state index contributed by atoms with van der Waals surface area (Å²) in [5.41, 5.74) is 1.58. The Morgan fingerprint density at radius 2 is 2.04 bits per heavy atom. The molecule has 27 heavy (non-hydrogen) atoms. The van der Waals surface area contributed by atoms with E-state index in [1.165, 1.54) is 6.20 Å². The molecule has 0 bridgehead atoms. The van der Waals surface area contributed by atoms with Crippen molar-refractivity contribution in [3.8, 4) is 5.69 Å². The molecule has 0 aliphatic rings. The van der Waals surface area contributed by atoms with Crippen LogP contribution in [0.15, 0.2) is 56.8 Å². The first-order valence-electron chi connectivity index (χ1n) is 8.39. The minimum Gasteiger partial charge on any atom is -0.467 e. The predicted octanol–water partition coefficient (Wildman–Crippen LogP) is 2.29. The van der Waals surface area contributed by atoms with E-state index in [9.17, 15) is 9.59 Å². The summed E-state index contributed by atoms with van der Waals surface area (Å²) in [4.78, 5) is 36.6. The first-order valence-corrected chi connectivity index (χ1v) is 8.39. The number of furan rings is 1. The highest BCUT2D eigenvalue weighted by molar-refractivity contribution is 5.73. The molecule has 0 aliphatic carbocycles. The molecule has 2 N–H and O–H groups in total. The van der Waals surface area contributed by atoms with Crippen molar-refractivity contribution in [2.45, 2.75) is 20.4 Å². The molecule has 0 saturated heterocycles. The number of rotatable bonds is 4. The van der Waals surface area contributed by atoms with Crippen molar-refractivity contribution in [3.05, 3.63) is 80.5 Å². The summed E-state index contributed by atoms with van der Waals surface area (Å²) in [6.07, 6.45) is 2.98. The predicted molar refractivity (Wildman–Crippen MR) is 101 cm³/mol. The van der Waals surface area contributed by atoms with Crippen LogP contribution >= 0.6 is 0 Å². The zero-order chi connectivity index (χ0) is 19.0. The Balaban J connectivity index is 1.78. The zero-order valence-corrected chi connectivity index (χ0v) is 14.8. The fourth-order valence-electron chi connectivity index (χ4n) is 2.86. The summed E-state index contributed by atoms with van der Waals surface area (Å²) < 4.78 is 6.35. The van der Waals surface area contributed by atoms with E-state index >= 15 is 0 Å². The number of aryl methyl sites for hydroxylation is 1. The van der Waals surface area contributed by atoms with E-state index in [4.69, 9.17) is 4.42 Å². The minimum absolute atomic E-state index is 0.184. The molecule has 8 heteroatoms. The van der Waals surface area contributed by atoms with E-state index in [2.05, 4.69) is 20.3 Å². The highest BCUT2D eigenvalue weighted by Crippen LogP contribution is 2.15. The number of hydrogen-bond donors (Lipinski definition) is 2. The van der Waals surface area contributed by atoms with Gasteiger partial charge >= 0.3 is 5.69 Å². The van der Waals surface area contributed by atoms with Crippen LogP contribution in [-0.4, -0.2) is 19.5 Å². The first-order chi connectivity index (χ1) is 13.0. The second-order valence-corrected chi connectivity index (χ2v) is 6.18. The van der Waals surface area contributed by atoms with Crippen molar-refractivity contribution in [2.75, 3.05) is 5.32 Å². The van der Waals surface area contributed by atoms with Crippen LogP contribution in [-0.2, 0) is 6.54 Å². The summed E-state index contributed by atoms with van der Waals surface area (Å²) in [5.74, 6) is 1.01. The molecule has 0 aliphatic heterocycles. The summed E-state index contributed by atoms with van der Waals surface area (Å²) in [6, 6.07) is 9.08. The van der Waals surface area contributed by atoms with Gasteiger partial charge in [0.1, 0.15) is 11.1 Å². The van der Waals surface area contributed by atoms with Gasteiger partial charge in [0.25, 0.3) is 5.56 Å². The zero-order valence-electron chi connectivity index (χ0n) is 14.8. The lowest BCUT2D eigenvalue weighted by Crippen LogP contribution is -2.34. The number of aromatic amines is 1. The van der Waals surface area contributed by atoms with Gasteiger partial charge in [-0.25, -0.2) is 14.3 Å². The molecule has 0 saturated carbocycles. The molecule has 1 aromatic carbocycles. The molecule has 4 rings (SSSR count). The van der Waals surface area contributed by atoms with Crippen molar-refractivity contribution in [3.63, 3.8) is 0 Å². The van der Waals surface area contributed by atoms with Crippen molar-refractivity contribution in [2.24, 2.45) is 0 Å².